The van der Waals surface area contributed by atoms with Gasteiger partial charge in [0.2, 0.25) is 0 Å². The number of rotatable bonds is 9. The van der Waals surface area contributed by atoms with Gasteiger partial charge in [-0.2, -0.15) is 0 Å². The normalized spacial score (nSPS) is 25.6. The van der Waals surface area contributed by atoms with Gasteiger partial charge in [0.25, 0.3) is 0 Å². The lowest BCUT2D eigenvalue weighted by Gasteiger charge is -2.18. The number of halogens is 1. The Hall–Kier alpha value is 0.400. The second-order valence-electron chi connectivity index (χ2n) is 5.69. The van der Waals surface area contributed by atoms with Crippen LogP contribution in [0.4, 0.5) is 0 Å². The standard InChI is InChI=1S/C14H28BrNO/c1-14(17)9-12-16(13-14)11-8-6-4-2-3-5-7-10-15/h17H,2-13H2,1H3. The van der Waals surface area contributed by atoms with Crippen molar-refractivity contribution in [2.75, 3.05) is 25.0 Å². The van der Waals surface area contributed by atoms with E-state index in [1.165, 1.54) is 51.5 Å². The van der Waals surface area contributed by atoms with Crippen molar-refractivity contribution < 1.29 is 5.11 Å². The number of alkyl halides is 1. The topological polar surface area (TPSA) is 23.5 Å². The molecule has 1 aliphatic heterocycles. The minimum absolute atomic E-state index is 0.421. The molecule has 0 radical (unpaired) electrons. The van der Waals surface area contributed by atoms with E-state index < -0.39 is 5.60 Å². The SMILES string of the molecule is CC1(O)CCN(CCCCCCCCCBr)C1. The molecule has 0 aromatic rings. The molecule has 1 N–H and O–H groups in total. The highest BCUT2D eigenvalue weighted by Gasteiger charge is 2.30. The van der Waals surface area contributed by atoms with Crippen molar-refractivity contribution in [3.8, 4) is 0 Å². The molecule has 1 fully saturated rings. The maximum atomic E-state index is 9.84. The number of nitrogens with zero attached hydrogens (tertiary/aromatic N) is 1. The fraction of sp³-hybridized carbons (Fsp3) is 1.00. The fourth-order valence-corrected chi connectivity index (χ4v) is 2.94. The van der Waals surface area contributed by atoms with Gasteiger partial charge in [-0.15, -0.1) is 0 Å². The first kappa shape index (κ1) is 15.5. The molecule has 1 heterocycles. The van der Waals surface area contributed by atoms with E-state index in [1.807, 2.05) is 6.92 Å². The van der Waals surface area contributed by atoms with Crippen molar-refractivity contribution in [3.05, 3.63) is 0 Å². The lowest BCUT2D eigenvalue weighted by molar-refractivity contribution is 0.0686. The molecular formula is C14H28BrNO. The summed E-state index contributed by atoms with van der Waals surface area (Å²) in [5, 5.41) is 11.0. The summed E-state index contributed by atoms with van der Waals surface area (Å²) in [6.07, 6.45) is 10.5. The van der Waals surface area contributed by atoms with E-state index in [4.69, 9.17) is 0 Å². The van der Waals surface area contributed by atoms with E-state index in [2.05, 4.69) is 20.8 Å². The van der Waals surface area contributed by atoms with Crippen LogP contribution in [-0.4, -0.2) is 40.6 Å². The van der Waals surface area contributed by atoms with Gasteiger partial charge < -0.3 is 10.0 Å². The average molecular weight is 306 g/mol. The average Bonchev–Trinajstić information content (AvgIpc) is 2.62. The first-order chi connectivity index (χ1) is 8.14. The molecule has 3 heteroatoms. The van der Waals surface area contributed by atoms with Crippen LogP contribution in [0, 0.1) is 0 Å². The summed E-state index contributed by atoms with van der Waals surface area (Å²) in [7, 11) is 0. The van der Waals surface area contributed by atoms with Crippen molar-refractivity contribution in [2.45, 2.75) is 63.9 Å². The summed E-state index contributed by atoms with van der Waals surface area (Å²) in [6, 6.07) is 0. The Morgan fingerprint density at radius 1 is 1.06 bits per heavy atom. The first-order valence-corrected chi connectivity index (χ1v) is 8.27. The summed E-state index contributed by atoms with van der Waals surface area (Å²) in [5.41, 5.74) is -0.421. The number of hydrogen-bond acceptors (Lipinski definition) is 2. The van der Waals surface area contributed by atoms with Crippen LogP contribution in [-0.2, 0) is 0 Å². The van der Waals surface area contributed by atoms with E-state index >= 15 is 0 Å². The summed E-state index contributed by atoms with van der Waals surface area (Å²) in [4.78, 5) is 2.41. The molecule has 102 valence electrons. The van der Waals surface area contributed by atoms with Crippen LogP contribution >= 0.6 is 15.9 Å². The summed E-state index contributed by atoms with van der Waals surface area (Å²) in [5.74, 6) is 0. The summed E-state index contributed by atoms with van der Waals surface area (Å²) < 4.78 is 0. The number of aliphatic hydroxyl groups is 1. The molecule has 0 aromatic carbocycles. The third-order valence-electron chi connectivity index (χ3n) is 3.64. The van der Waals surface area contributed by atoms with Crippen LogP contribution in [0.2, 0.25) is 0 Å². The number of β-amino-alcohol motifs (C(OH)–C–C–N with tert-alkyl or cyclic N) is 1. The highest BCUT2D eigenvalue weighted by molar-refractivity contribution is 9.09. The van der Waals surface area contributed by atoms with Gasteiger partial charge in [-0.3, -0.25) is 0 Å². The number of likely N-dealkylation sites (tertiary alicyclic amines) is 1. The van der Waals surface area contributed by atoms with E-state index in [1.54, 1.807) is 0 Å². The molecule has 0 bridgehead atoms. The van der Waals surface area contributed by atoms with Gasteiger partial charge in [0.1, 0.15) is 0 Å². The Morgan fingerprint density at radius 2 is 1.65 bits per heavy atom. The van der Waals surface area contributed by atoms with Gasteiger partial charge in [-0.05, 0) is 32.7 Å². The Bertz CT molecular complexity index is 197. The maximum absolute atomic E-state index is 9.84. The predicted molar refractivity (Wildman–Crippen MR) is 77.8 cm³/mol. The number of unbranched alkanes of at least 4 members (excludes halogenated alkanes) is 6. The molecule has 1 saturated heterocycles. The molecule has 0 saturated carbocycles. The molecule has 1 unspecified atom stereocenters. The van der Waals surface area contributed by atoms with Crippen molar-refractivity contribution in [2.24, 2.45) is 0 Å². The van der Waals surface area contributed by atoms with Crippen molar-refractivity contribution in [3.63, 3.8) is 0 Å². The van der Waals surface area contributed by atoms with Crippen molar-refractivity contribution in [1.82, 2.24) is 4.90 Å². The van der Waals surface area contributed by atoms with Crippen molar-refractivity contribution >= 4 is 15.9 Å². The van der Waals surface area contributed by atoms with Crippen LogP contribution < -0.4 is 0 Å². The van der Waals surface area contributed by atoms with Gasteiger partial charge >= 0.3 is 0 Å². The molecule has 17 heavy (non-hydrogen) atoms. The third-order valence-corrected chi connectivity index (χ3v) is 4.20. The Balaban J connectivity index is 1.85. The van der Waals surface area contributed by atoms with Gasteiger partial charge in [-0.25, -0.2) is 0 Å². The van der Waals surface area contributed by atoms with Crippen LogP contribution in [0.5, 0.6) is 0 Å². The van der Waals surface area contributed by atoms with Crippen LogP contribution in [0.1, 0.15) is 58.3 Å². The van der Waals surface area contributed by atoms with Crippen molar-refractivity contribution in [1.29, 1.82) is 0 Å². The quantitative estimate of drug-likeness (QED) is 0.520. The van der Waals surface area contributed by atoms with E-state index in [0.29, 0.717) is 0 Å². The molecular weight excluding hydrogens is 278 g/mol. The zero-order valence-corrected chi connectivity index (χ0v) is 12.8. The molecule has 2 nitrogen and oxygen atoms in total. The molecule has 1 rings (SSSR count). The van der Waals surface area contributed by atoms with Gasteiger partial charge in [0, 0.05) is 18.4 Å². The zero-order chi connectivity index (χ0) is 12.6. The Kier molecular flexibility index (Phi) is 7.72. The smallest absolute Gasteiger partial charge is 0.0758 e. The van der Waals surface area contributed by atoms with Gasteiger partial charge in [-0.1, -0.05) is 48.0 Å². The van der Waals surface area contributed by atoms with Crippen LogP contribution in [0.25, 0.3) is 0 Å². The predicted octanol–water partition coefficient (Wildman–Crippen LogP) is 3.57. The third kappa shape index (κ3) is 7.43. The Morgan fingerprint density at radius 3 is 2.18 bits per heavy atom. The zero-order valence-electron chi connectivity index (χ0n) is 11.3. The second kappa shape index (κ2) is 8.49. The summed E-state index contributed by atoms with van der Waals surface area (Å²) in [6.45, 7) is 5.09. The monoisotopic (exact) mass is 305 g/mol. The largest absolute Gasteiger partial charge is 0.389 e. The first-order valence-electron chi connectivity index (χ1n) is 7.15. The van der Waals surface area contributed by atoms with E-state index in [0.717, 1.165) is 24.8 Å². The minimum Gasteiger partial charge on any atom is -0.389 e. The van der Waals surface area contributed by atoms with Gasteiger partial charge in [0.05, 0.1) is 5.60 Å². The van der Waals surface area contributed by atoms with E-state index in [-0.39, 0.29) is 0 Å². The second-order valence-corrected chi connectivity index (χ2v) is 6.48. The maximum Gasteiger partial charge on any atom is 0.0758 e. The molecule has 0 spiro atoms. The molecule has 1 atom stereocenters. The fourth-order valence-electron chi connectivity index (χ4n) is 2.54. The highest BCUT2D eigenvalue weighted by Crippen LogP contribution is 2.20. The summed E-state index contributed by atoms with van der Waals surface area (Å²) >= 11 is 3.46. The molecule has 1 aliphatic rings. The van der Waals surface area contributed by atoms with Gasteiger partial charge in [0.15, 0.2) is 0 Å². The van der Waals surface area contributed by atoms with Crippen LogP contribution in [0.15, 0.2) is 0 Å². The minimum atomic E-state index is -0.421. The van der Waals surface area contributed by atoms with Crippen LogP contribution in [0.3, 0.4) is 0 Å². The highest BCUT2D eigenvalue weighted by atomic mass is 79.9. The molecule has 0 amide bonds. The number of hydrogen-bond donors (Lipinski definition) is 1. The molecule has 0 aromatic heterocycles. The lowest BCUT2D eigenvalue weighted by atomic mass is 10.1. The van der Waals surface area contributed by atoms with E-state index in [9.17, 15) is 5.11 Å². The Labute approximate surface area is 115 Å². The lowest BCUT2D eigenvalue weighted by Crippen LogP contribution is -2.30. The molecule has 0 aliphatic carbocycles.